The molecule has 0 spiro atoms. The van der Waals surface area contributed by atoms with Crippen molar-refractivity contribution in [2.24, 2.45) is 0 Å². The van der Waals surface area contributed by atoms with E-state index in [0.29, 0.717) is 5.95 Å². The van der Waals surface area contributed by atoms with E-state index in [4.69, 9.17) is 5.73 Å². The first-order chi connectivity index (χ1) is 8.66. The Morgan fingerprint density at radius 3 is 2.89 bits per heavy atom. The average molecular weight is 350 g/mol. The molecule has 18 heavy (non-hydrogen) atoms. The van der Waals surface area contributed by atoms with Crippen molar-refractivity contribution in [3.05, 3.63) is 45.8 Å². The summed E-state index contributed by atoms with van der Waals surface area (Å²) >= 11 is 2.32. The van der Waals surface area contributed by atoms with E-state index in [9.17, 15) is 0 Å². The number of fused-ring (bicyclic) bond motifs is 1. The molecule has 0 aliphatic heterocycles. The molecule has 4 nitrogen and oxygen atoms in total. The molecule has 2 aromatic heterocycles. The second kappa shape index (κ2) is 4.24. The Bertz CT molecular complexity index is 733. The quantitative estimate of drug-likeness (QED) is 0.687. The number of nitrogens with zero attached hydrogens (tertiary/aromatic N) is 3. The molecule has 0 atom stereocenters. The largest absolute Gasteiger partial charge is 0.369 e. The van der Waals surface area contributed by atoms with Crippen molar-refractivity contribution in [1.82, 2.24) is 14.5 Å². The van der Waals surface area contributed by atoms with Gasteiger partial charge in [-0.2, -0.15) is 0 Å². The van der Waals surface area contributed by atoms with Crippen molar-refractivity contribution in [3.8, 4) is 5.69 Å². The molecule has 0 fully saturated rings. The molecule has 0 amide bonds. The van der Waals surface area contributed by atoms with Crippen LogP contribution in [0.15, 0.2) is 36.7 Å². The standard InChI is InChI=1S/C13H11IN4/c1-8-2-3-9(6-10(8)14)18-12-4-5-16-7-11(12)17-13(18)15/h2-7H,1H3,(H2,15,17). The summed E-state index contributed by atoms with van der Waals surface area (Å²) < 4.78 is 3.15. The van der Waals surface area contributed by atoms with Crippen LogP contribution in [0.1, 0.15) is 5.56 Å². The van der Waals surface area contributed by atoms with Gasteiger partial charge < -0.3 is 5.73 Å². The third-order valence-corrected chi connectivity index (χ3v) is 4.06. The maximum Gasteiger partial charge on any atom is 0.205 e. The van der Waals surface area contributed by atoms with Gasteiger partial charge in [0, 0.05) is 9.77 Å². The van der Waals surface area contributed by atoms with Gasteiger partial charge in [-0.05, 0) is 53.3 Å². The third-order valence-electron chi connectivity index (χ3n) is 2.90. The molecule has 0 aliphatic carbocycles. The van der Waals surface area contributed by atoms with E-state index >= 15 is 0 Å². The molecule has 2 heterocycles. The van der Waals surface area contributed by atoms with Gasteiger partial charge >= 0.3 is 0 Å². The normalized spacial score (nSPS) is 11.0. The summed E-state index contributed by atoms with van der Waals surface area (Å²) in [4.78, 5) is 8.38. The minimum Gasteiger partial charge on any atom is -0.369 e. The van der Waals surface area contributed by atoms with Gasteiger partial charge in [-0.3, -0.25) is 9.55 Å². The molecule has 3 aromatic rings. The number of nitrogen functional groups attached to an aromatic ring is 1. The highest BCUT2D eigenvalue weighted by Crippen LogP contribution is 2.24. The van der Waals surface area contributed by atoms with Crippen LogP contribution in [0.2, 0.25) is 0 Å². The number of anilines is 1. The fourth-order valence-corrected chi connectivity index (χ4v) is 2.44. The van der Waals surface area contributed by atoms with E-state index in [1.54, 1.807) is 12.4 Å². The van der Waals surface area contributed by atoms with E-state index in [-0.39, 0.29) is 0 Å². The van der Waals surface area contributed by atoms with Crippen LogP contribution in [-0.2, 0) is 0 Å². The second-order valence-corrected chi connectivity index (χ2v) is 5.27. The number of hydrogen-bond acceptors (Lipinski definition) is 3. The summed E-state index contributed by atoms with van der Waals surface area (Å²) in [7, 11) is 0. The molecule has 1 aromatic carbocycles. The highest BCUT2D eigenvalue weighted by atomic mass is 127. The Labute approximate surface area is 118 Å². The zero-order chi connectivity index (χ0) is 12.7. The molecule has 0 aliphatic rings. The van der Waals surface area contributed by atoms with Gasteiger partial charge in [-0.1, -0.05) is 6.07 Å². The van der Waals surface area contributed by atoms with Crippen LogP contribution in [-0.4, -0.2) is 14.5 Å². The average Bonchev–Trinajstić information content (AvgIpc) is 2.69. The van der Waals surface area contributed by atoms with Gasteiger partial charge in [0.2, 0.25) is 5.95 Å². The summed E-state index contributed by atoms with van der Waals surface area (Å²) in [5.41, 5.74) is 10.1. The Hall–Kier alpha value is -1.63. The molecule has 3 rings (SSSR count). The van der Waals surface area contributed by atoms with Crippen LogP contribution in [0, 0.1) is 10.5 Å². The fourth-order valence-electron chi connectivity index (χ4n) is 1.94. The highest BCUT2D eigenvalue weighted by Gasteiger charge is 2.10. The molecule has 5 heteroatoms. The highest BCUT2D eigenvalue weighted by molar-refractivity contribution is 14.1. The number of pyridine rings is 1. The Morgan fingerprint density at radius 1 is 1.28 bits per heavy atom. The van der Waals surface area contributed by atoms with Gasteiger partial charge in [0.15, 0.2) is 0 Å². The molecular weight excluding hydrogens is 339 g/mol. The zero-order valence-electron chi connectivity index (χ0n) is 9.76. The number of nitrogens with two attached hydrogens (primary N) is 1. The third kappa shape index (κ3) is 1.74. The zero-order valence-corrected chi connectivity index (χ0v) is 11.9. The van der Waals surface area contributed by atoms with E-state index < -0.39 is 0 Å². The van der Waals surface area contributed by atoms with E-state index in [0.717, 1.165) is 16.7 Å². The van der Waals surface area contributed by atoms with Crippen LogP contribution >= 0.6 is 22.6 Å². The van der Waals surface area contributed by atoms with Gasteiger partial charge in [0.1, 0.15) is 5.52 Å². The van der Waals surface area contributed by atoms with Gasteiger partial charge in [0.05, 0.1) is 17.4 Å². The number of imidazole rings is 1. The summed E-state index contributed by atoms with van der Waals surface area (Å²) in [6.45, 7) is 2.09. The molecular formula is C13H11IN4. The predicted molar refractivity (Wildman–Crippen MR) is 80.7 cm³/mol. The monoisotopic (exact) mass is 350 g/mol. The number of aryl methyl sites for hydroxylation is 1. The molecule has 0 radical (unpaired) electrons. The Kier molecular flexibility index (Phi) is 2.70. The Balaban J connectivity index is 2.30. The molecule has 0 bridgehead atoms. The van der Waals surface area contributed by atoms with Crippen molar-refractivity contribution in [3.63, 3.8) is 0 Å². The summed E-state index contributed by atoms with van der Waals surface area (Å²) in [6.07, 6.45) is 3.47. The van der Waals surface area contributed by atoms with Crippen LogP contribution in [0.25, 0.3) is 16.7 Å². The lowest BCUT2D eigenvalue weighted by Crippen LogP contribution is -2.01. The fraction of sp³-hybridized carbons (Fsp3) is 0.0769. The number of halogens is 1. The van der Waals surface area contributed by atoms with Crippen LogP contribution < -0.4 is 5.73 Å². The molecule has 0 saturated heterocycles. The molecule has 0 saturated carbocycles. The van der Waals surface area contributed by atoms with E-state index in [2.05, 4.69) is 57.7 Å². The minimum atomic E-state index is 0.484. The SMILES string of the molecule is Cc1ccc(-n2c(N)nc3cnccc32)cc1I. The Morgan fingerprint density at radius 2 is 2.11 bits per heavy atom. The van der Waals surface area contributed by atoms with Crippen LogP contribution in [0.4, 0.5) is 5.95 Å². The van der Waals surface area contributed by atoms with Crippen molar-refractivity contribution in [2.75, 3.05) is 5.73 Å². The maximum absolute atomic E-state index is 6.00. The smallest absolute Gasteiger partial charge is 0.205 e. The van der Waals surface area contributed by atoms with Crippen molar-refractivity contribution < 1.29 is 0 Å². The van der Waals surface area contributed by atoms with Gasteiger partial charge in [0.25, 0.3) is 0 Å². The molecule has 90 valence electrons. The van der Waals surface area contributed by atoms with Crippen molar-refractivity contribution in [1.29, 1.82) is 0 Å². The summed E-state index contributed by atoms with van der Waals surface area (Å²) in [6, 6.07) is 8.16. The number of aromatic nitrogens is 3. The topological polar surface area (TPSA) is 56.7 Å². The molecule has 0 unspecified atom stereocenters. The predicted octanol–water partition coefficient (Wildman–Crippen LogP) is 2.92. The lowest BCUT2D eigenvalue weighted by atomic mass is 10.2. The second-order valence-electron chi connectivity index (χ2n) is 4.10. The van der Waals surface area contributed by atoms with Crippen LogP contribution in [0.3, 0.4) is 0 Å². The maximum atomic E-state index is 6.00. The van der Waals surface area contributed by atoms with E-state index in [1.807, 2.05) is 10.6 Å². The summed E-state index contributed by atoms with van der Waals surface area (Å²) in [5.74, 6) is 0.484. The first-order valence-corrected chi connectivity index (χ1v) is 6.59. The minimum absolute atomic E-state index is 0.484. The molecule has 2 N–H and O–H groups in total. The van der Waals surface area contributed by atoms with Crippen molar-refractivity contribution in [2.45, 2.75) is 6.92 Å². The number of benzene rings is 1. The van der Waals surface area contributed by atoms with E-state index in [1.165, 1.54) is 9.13 Å². The summed E-state index contributed by atoms with van der Waals surface area (Å²) in [5, 5.41) is 0. The number of rotatable bonds is 1. The van der Waals surface area contributed by atoms with Crippen molar-refractivity contribution >= 4 is 39.6 Å². The number of hydrogen-bond donors (Lipinski definition) is 1. The first kappa shape index (κ1) is 11.5. The first-order valence-electron chi connectivity index (χ1n) is 5.51. The van der Waals surface area contributed by atoms with Gasteiger partial charge in [-0.15, -0.1) is 0 Å². The lowest BCUT2D eigenvalue weighted by Gasteiger charge is -2.08. The van der Waals surface area contributed by atoms with Crippen LogP contribution in [0.5, 0.6) is 0 Å². The lowest BCUT2D eigenvalue weighted by molar-refractivity contribution is 1.10. The van der Waals surface area contributed by atoms with Gasteiger partial charge in [-0.25, -0.2) is 4.98 Å².